The van der Waals surface area contributed by atoms with Gasteiger partial charge in [0.1, 0.15) is 5.75 Å². The van der Waals surface area contributed by atoms with Crippen molar-refractivity contribution in [1.82, 2.24) is 4.57 Å². The largest absolute Gasteiger partial charge is 0.455 e. The third-order valence-electron chi connectivity index (χ3n) is 6.48. The lowest BCUT2D eigenvalue weighted by atomic mass is 10.1. The monoisotopic (exact) mass is 622 g/mol. The zero-order valence-electron chi connectivity index (χ0n) is 20.9. The summed E-state index contributed by atoms with van der Waals surface area (Å²) in [5, 5.41) is 3.35. The lowest BCUT2D eigenvalue weighted by Crippen LogP contribution is -2.27. The van der Waals surface area contributed by atoms with Gasteiger partial charge in [0.15, 0.2) is 7.28 Å². The third kappa shape index (κ3) is 4.47. The molecule has 184 valence electrons. The molecular formula is C30H29Br2N2OP. The molecular weight excluding hydrogens is 595 g/mol. The van der Waals surface area contributed by atoms with E-state index in [1.54, 1.807) is 0 Å². The van der Waals surface area contributed by atoms with Crippen LogP contribution in [0.4, 0.5) is 5.69 Å². The summed E-state index contributed by atoms with van der Waals surface area (Å²) in [4.78, 5) is 0. The Morgan fingerprint density at radius 1 is 0.806 bits per heavy atom. The van der Waals surface area contributed by atoms with Gasteiger partial charge in [-0.2, -0.15) is 0 Å². The Bertz CT molecular complexity index is 1610. The van der Waals surface area contributed by atoms with Gasteiger partial charge in [0.05, 0.1) is 5.69 Å². The zero-order valence-corrected chi connectivity index (χ0v) is 24.9. The molecule has 0 fully saturated rings. The van der Waals surface area contributed by atoms with Crippen molar-refractivity contribution in [2.75, 3.05) is 0 Å². The van der Waals surface area contributed by atoms with Gasteiger partial charge in [-0.1, -0.05) is 67.0 Å². The smallest absolute Gasteiger partial charge is 0.173 e. The standard InChI is InChI=1S/C30H29Br2N2OP/c1-5-34-28-13-9-6-10-24(28)25-20-23(18-19-29(25)34)36(30(2,3)4,33-27-12-8-7-11-26(27)32)35-22-16-14-21(31)15-17-22/h6-20H,5H2,1-4H3. The number of halogens is 2. The molecule has 0 bridgehead atoms. The molecule has 1 heterocycles. The predicted molar refractivity (Wildman–Crippen MR) is 162 cm³/mol. The molecule has 36 heavy (non-hydrogen) atoms. The minimum atomic E-state index is -2.63. The number of para-hydroxylation sites is 1. The summed E-state index contributed by atoms with van der Waals surface area (Å²) < 4.78 is 16.9. The number of benzene rings is 4. The molecule has 5 rings (SSSR count). The van der Waals surface area contributed by atoms with Crippen LogP contribution in [0.25, 0.3) is 21.8 Å². The number of hydrogen-bond acceptors (Lipinski definition) is 2. The molecule has 0 saturated heterocycles. The summed E-state index contributed by atoms with van der Waals surface area (Å²) in [6.07, 6.45) is 0. The number of aromatic nitrogens is 1. The molecule has 0 aliphatic carbocycles. The Morgan fingerprint density at radius 2 is 1.47 bits per heavy atom. The van der Waals surface area contributed by atoms with Crippen LogP contribution in [0.3, 0.4) is 0 Å². The highest BCUT2D eigenvalue weighted by Gasteiger charge is 2.39. The topological polar surface area (TPSA) is 26.5 Å². The SMILES string of the molecule is CCn1c2ccccc2c2cc(P(=Nc3ccccc3Br)(Oc3ccc(Br)cc3)C(C)(C)C)ccc21. The van der Waals surface area contributed by atoms with Gasteiger partial charge in [-0.3, -0.25) is 0 Å². The first-order valence-corrected chi connectivity index (χ1v) is 15.3. The Labute approximate surface area is 229 Å². The summed E-state index contributed by atoms with van der Waals surface area (Å²) in [5.41, 5.74) is 3.39. The maximum atomic E-state index is 7.06. The first-order chi connectivity index (χ1) is 17.2. The number of nitrogens with zero attached hydrogens (tertiary/aromatic N) is 2. The van der Waals surface area contributed by atoms with Gasteiger partial charge in [0.2, 0.25) is 0 Å². The summed E-state index contributed by atoms with van der Waals surface area (Å²) in [7, 11) is -2.63. The normalized spacial score (nSPS) is 13.6. The average Bonchev–Trinajstić information content (AvgIpc) is 3.18. The summed E-state index contributed by atoms with van der Waals surface area (Å²) in [5.74, 6) is 0.813. The Hall–Kier alpha value is -2.33. The number of rotatable bonds is 5. The molecule has 0 aliphatic rings. The van der Waals surface area contributed by atoms with Gasteiger partial charge in [-0.25, -0.2) is 4.74 Å². The fourth-order valence-electron chi connectivity index (χ4n) is 4.71. The number of aryl methyl sites for hydroxylation is 1. The van der Waals surface area contributed by atoms with Crippen LogP contribution >= 0.6 is 39.1 Å². The third-order valence-corrected chi connectivity index (χ3v) is 11.5. The van der Waals surface area contributed by atoms with Crippen LogP contribution in [-0.4, -0.2) is 9.72 Å². The second-order valence-electron chi connectivity index (χ2n) is 9.81. The zero-order chi connectivity index (χ0) is 25.5. The Balaban J connectivity index is 1.85. The highest BCUT2D eigenvalue weighted by Crippen LogP contribution is 2.62. The van der Waals surface area contributed by atoms with Gasteiger partial charge < -0.3 is 9.09 Å². The molecule has 3 nitrogen and oxygen atoms in total. The molecule has 5 aromatic rings. The van der Waals surface area contributed by atoms with E-state index < -0.39 is 7.28 Å². The fraction of sp³-hybridized carbons (Fsp3) is 0.200. The molecule has 1 unspecified atom stereocenters. The highest BCUT2D eigenvalue weighted by atomic mass is 79.9. The Morgan fingerprint density at radius 3 is 2.17 bits per heavy atom. The van der Waals surface area contributed by atoms with Gasteiger partial charge in [-0.15, -0.1) is 0 Å². The van der Waals surface area contributed by atoms with Crippen molar-refractivity contribution in [3.05, 3.63) is 99.9 Å². The van der Waals surface area contributed by atoms with Crippen molar-refractivity contribution in [2.24, 2.45) is 4.74 Å². The molecule has 0 aliphatic heterocycles. The highest BCUT2D eigenvalue weighted by molar-refractivity contribution is 9.10. The lowest BCUT2D eigenvalue weighted by molar-refractivity contribution is 0.571. The van der Waals surface area contributed by atoms with E-state index in [-0.39, 0.29) is 5.16 Å². The maximum Gasteiger partial charge on any atom is 0.173 e. The number of hydrogen-bond donors (Lipinski definition) is 0. The van der Waals surface area contributed by atoms with E-state index in [4.69, 9.17) is 9.27 Å². The van der Waals surface area contributed by atoms with Gasteiger partial charge >= 0.3 is 0 Å². The molecule has 1 atom stereocenters. The second kappa shape index (κ2) is 9.85. The van der Waals surface area contributed by atoms with E-state index in [0.29, 0.717) is 0 Å². The summed E-state index contributed by atoms with van der Waals surface area (Å²) >= 11 is 7.28. The van der Waals surface area contributed by atoms with E-state index in [1.807, 2.05) is 42.5 Å². The van der Waals surface area contributed by atoms with Crippen molar-refractivity contribution in [1.29, 1.82) is 0 Å². The van der Waals surface area contributed by atoms with Crippen LogP contribution < -0.4 is 9.83 Å². The Kier molecular flexibility index (Phi) is 6.93. The van der Waals surface area contributed by atoms with Crippen LogP contribution in [0.2, 0.25) is 0 Å². The van der Waals surface area contributed by atoms with Crippen molar-refractivity contribution in [3.63, 3.8) is 0 Å². The molecule has 1 aromatic heterocycles. The van der Waals surface area contributed by atoms with Crippen LogP contribution in [0.5, 0.6) is 5.75 Å². The van der Waals surface area contributed by atoms with Crippen LogP contribution in [-0.2, 0) is 6.54 Å². The molecule has 0 radical (unpaired) electrons. The first-order valence-electron chi connectivity index (χ1n) is 12.1. The molecule has 4 aromatic carbocycles. The molecule has 0 spiro atoms. The average molecular weight is 624 g/mol. The second-order valence-corrected chi connectivity index (χ2v) is 15.0. The molecule has 0 N–H and O–H groups in total. The lowest BCUT2D eigenvalue weighted by Gasteiger charge is -2.37. The van der Waals surface area contributed by atoms with Gasteiger partial charge in [0, 0.05) is 47.8 Å². The van der Waals surface area contributed by atoms with E-state index in [9.17, 15) is 0 Å². The predicted octanol–water partition coefficient (Wildman–Crippen LogP) is 10.3. The van der Waals surface area contributed by atoms with Crippen molar-refractivity contribution in [3.8, 4) is 5.75 Å². The van der Waals surface area contributed by atoms with Crippen molar-refractivity contribution < 1.29 is 4.52 Å². The van der Waals surface area contributed by atoms with E-state index in [2.05, 4.69) is 113 Å². The quantitative estimate of drug-likeness (QED) is 0.179. The maximum absolute atomic E-state index is 7.06. The minimum absolute atomic E-state index is 0.272. The minimum Gasteiger partial charge on any atom is -0.455 e. The molecule has 6 heteroatoms. The van der Waals surface area contributed by atoms with Crippen LogP contribution in [0.15, 0.2) is 105 Å². The van der Waals surface area contributed by atoms with E-state index in [0.717, 1.165) is 32.2 Å². The number of fused-ring (bicyclic) bond motifs is 3. The van der Waals surface area contributed by atoms with Crippen molar-refractivity contribution >= 4 is 71.9 Å². The van der Waals surface area contributed by atoms with Crippen molar-refractivity contribution in [2.45, 2.75) is 39.4 Å². The van der Waals surface area contributed by atoms with E-state index >= 15 is 0 Å². The summed E-state index contributed by atoms with van der Waals surface area (Å²) in [6.45, 7) is 9.82. The van der Waals surface area contributed by atoms with Crippen LogP contribution in [0.1, 0.15) is 27.7 Å². The van der Waals surface area contributed by atoms with Gasteiger partial charge in [0.25, 0.3) is 0 Å². The summed E-state index contributed by atoms with van der Waals surface area (Å²) in [6, 6.07) is 31.6. The van der Waals surface area contributed by atoms with Gasteiger partial charge in [-0.05, 0) is 83.5 Å². The molecule has 0 amide bonds. The molecule has 0 saturated carbocycles. The van der Waals surface area contributed by atoms with E-state index in [1.165, 1.54) is 21.8 Å². The first kappa shape index (κ1) is 25.3. The fourth-order valence-corrected chi connectivity index (χ4v) is 8.58. The van der Waals surface area contributed by atoms with Crippen LogP contribution in [0, 0.1) is 0 Å².